The van der Waals surface area contributed by atoms with Gasteiger partial charge in [0.2, 0.25) is 0 Å². The molecule has 2 N–H and O–H groups in total. The van der Waals surface area contributed by atoms with Gasteiger partial charge in [-0.2, -0.15) is 0 Å². The van der Waals surface area contributed by atoms with E-state index in [2.05, 4.69) is 20.8 Å². The van der Waals surface area contributed by atoms with Crippen LogP contribution in [0.1, 0.15) is 78.6 Å². The zero-order valence-electron chi connectivity index (χ0n) is 19.1. The predicted molar refractivity (Wildman–Crippen MR) is 113 cm³/mol. The van der Waals surface area contributed by atoms with Crippen LogP contribution in [0.2, 0.25) is 0 Å². The van der Waals surface area contributed by atoms with Gasteiger partial charge in [-0.1, -0.05) is 20.8 Å². The van der Waals surface area contributed by atoms with Gasteiger partial charge < -0.3 is 14.9 Å². The summed E-state index contributed by atoms with van der Waals surface area (Å²) >= 11 is 0. The standard InChI is InChI=1S/C25H40O5/c1-14(5-8-22(29)30-4)17-6-7-18-23-19(13-21(28)25(17,18)3)24(2)10-9-16(26)11-15(24)12-20(23)27/h14-19,21,23,26,28H,5-13H2,1-4H3/t14-,15-,16+,17+,18-,19-,21-,23-,24-,25+/m0/s1. The van der Waals surface area contributed by atoms with Gasteiger partial charge in [0.25, 0.3) is 0 Å². The van der Waals surface area contributed by atoms with Crippen LogP contribution in [0.15, 0.2) is 0 Å². The van der Waals surface area contributed by atoms with Crippen LogP contribution in [0.25, 0.3) is 0 Å². The van der Waals surface area contributed by atoms with E-state index in [4.69, 9.17) is 4.74 Å². The van der Waals surface area contributed by atoms with Gasteiger partial charge in [0.15, 0.2) is 0 Å². The summed E-state index contributed by atoms with van der Waals surface area (Å²) in [5.41, 5.74) is -0.210. The van der Waals surface area contributed by atoms with E-state index in [1.54, 1.807) is 0 Å². The van der Waals surface area contributed by atoms with Crippen LogP contribution < -0.4 is 0 Å². The summed E-state index contributed by atoms with van der Waals surface area (Å²) in [4.78, 5) is 25.1. The molecule has 4 aliphatic rings. The van der Waals surface area contributed by atoms with E-state index in [9.17, 15) is 19.8 Å². The monoisotopic (exact) mass is 420 g/mol. The van der Waals surface area contributed by atoms with Gasteiger partial charge >= 0.3 is 5.97 Å². The second-order valence-corrected chi connectivity index (χ2v) is 11.4. The molecular formula is C25H40O5. The molecule has 4 fully saturated rings. The van der Waals surface area contributed by atoms with Crippen LogP contribution in [0.5, 0.6) is 0 Å². The van der Waals surface area contributed by atoms with Gasteiger partial charge in [-0.05, 0) is 80.0 Å². The van der Waals surface area contributed by atoms with E-state index in [-0.39, 0.29) is 46.6 Å². The number of methoxy groups -OCH3 is 1. The average Bonchev–Trinajstić information content (AvgIpc) is 3.06. The van der Waals surface area contributed by atoms with Crippen molar-refractivity contribution < 1.29 is 24.5 Å². The Morgan fingerprint density at radius 3 is 2.60 bits per heavy atom. The van der Waals surface area contributed by atoms with Crippen molar-refractivity contribution in [3.63, 3.8) is 0 Å². The minimum absolute atomic E-state index is 0.0488. The fourth-order valence-corrected chi connectivity index (χ4v) is 8.49. The topological polar surface area (TPSA) is 83.8 Å². The van der Waals surface area contributed by atoms with E-state index >= 15 is 0 Å². The molecule has 0 radical (unpaired) electrons. The van der Waals surface area contributed by atoms with Crippen molar-refractivity contribution in [1.82, 2.24) is 0 Å². The van der Waals surface area contributed by atoms with Gasteiger partial charge in [0.1, 0.15) is 5.78 Å². The van der Waals surface area contributed by atoms with E-state index in [0.29, 0.717) is 36.9 Å². The molecule has 5 heteroatoms. The Hall–Kier alpha value is -0.940. The molecule has 0 amide bonds. The number of Topliss-reactive ketones (excluding diaryl/α,β-unsaturated/α-hetero) is 1. The van der Waals surface area contributed by atoms with Crippen LogP contribution in [-0.4, -0.2) is 41.3 Å². The maximum atomic E-state index is 13.4. The van der Waals surface area contributed by atoms with Gasteiger partial charge in [0, 0.05) is 24.2 Å². The minimum atomic E-state index is -0.410. The number of hydrogen-bond acceptors (Lipinski definition) is 5. The Balaban J connectivity index is 1.59. The van der Waals surface area contributed by atoms with Crippen molar-refractivity contribution in [2.24, 2.45) is 46.3 Å². The molecule has 10 atom stereocenters. The molecule has 0 aromatic carbocycles. The molecule has 0 aromatic rings. The zero-order chi connectivity index (χ0) is 21.8. The number of aliphatic hydroxyl groups is 2. The highest BCUT2D eigenvalue weighted by molar-refractivity contribution is 5.83. The number of carbonyl (C=O) groups excluding carboxylic acids is 2. The van der Waals surface area contributed by atoms with Gasteiger partial charge in [-0.3, -0.25) is 9.59 Å². The van der Waals surface area contributed by atoms with Crippen LogP contribution in [0, 0.1) is 46.3 Å². The Morgan fingerprint density at radius 2 is 1.90 bits per heavy atom. The first-order valence-electron chi connectivity index (χ1n) is 12.1. The molecule has 0 spiro atoms. The lowest BCUT2D eigenvalue weighted by Crippen LogP contribution is -2.61. The van der Waals surface area contributed by atoms with Crippen molar-refractivity contribution in [3.8, 4) is 0 Å². The number of esters is 1. The van der Waals surface area contributed by atoms with Crippen LogP contribution in [0.4, 0.5) is 0 Å². The molecule has 5 nitrogen and oxygen atoms in total. The summed E-state index contributed by atoms with van der Waals surface area (Å²) < 4.78 is 4.82. The highest BCUT2D eigenvalue weighted by Gasteiger charge is 2.65. The zero-order valence-corrected chi connectivity index (χ0v) is 19.1. The number of ether oxygens (including phenoxy) is 1. The first-order chi connectivity index (χ1) is 14.1. The highest BCUT2D eigenvalue weighted by Crippen LogP contribution is 2.67. The molecular weight excluding hydrogens is 380 g/mol. The Bertz CT molecular complexity index is 691. The number of rotatable bonds is 4. The van der Waals surface area contributed by atoms with Crippen LogP contribution in [-0.2, 0) is 14.3 Å². The van der Waals surface area contributed by atoms with E-state index in [0.717, 1.165) is 38.5 Å². The summed E-state index contributed by atoms with van der Waals surface area (Å²) in [5.74, 6) is 1.61. The molecule has 0 aliphatic heterocycles. The molecule has 0 unspecified atom stereocenters. The van der Waals surface area contributed by atoms with Crippen molar-refractivity contribution >= 4 is 11.8 Å². The largest absolute Gasteiger partial charge is 0.469 e. The number of aliphatic hydroxyl groups excluding tert-OH is 2. The summed E-state index contributed by atoms with van der Waals surface area (Å²) in [6.45, 7) is 6.74. The third-order valence-corrected chi connectivity index (χ3v) is 10.3. The van der Waals surface area contributed by atoms with Gasteiger partial charge in [-0.25, -0.2) is 0 Å². The molecule has 4 rings (SSSR count). The lowest BCUT2D eigenvalue weighted by Gasteiger charge is -2.61. The molecule has 4 aliphatic carbocycles. The quantitative estimate of drug-likeness (QED) is 0.677. The summed E-state index contributed by atoms with van der Waals surface area (Å²) in [6.07, 6.45) is 6.32. The lowest BCUT2D eigenvalue weighted by molar-refractivity contribution is -0.182. The molecule has 0 heterocycles. The fraction of sp³-hybridized carbons (Fsp3) is 0.920. The molecule has 0 saturated heterocycles. The number of fused-ring (bicyclic) bond motifs is 5. The minimum Gasteiger partial charge on any atom is -0.469 e. The Morgan fingerprint density at radius 1 is 1.17 bits per heavy atom. The van der Waals surface area contributed by atoms with Crippen molar-refractivity contribution in [3.05, 3.63) is 0 Å². The smallest absolute Gasteiger partial charge is 0.305 e. The molecule has 30 heavy (non-hydrogen) atoms. The predicted octanol–water partition coefficient (Wildman–Crippen LogP) is 3.75. The number of carbonyl (C=O) groups is 2. The van der Waals surface area contributed by atoms with Crippen LogP contribution in [0.3, 0.4) is 0 Å². The van der Waals surface area contributed by atoms with E-state index in [1.165, 1.54) is 7.11 Å². The normalized spacial score (nSPS) is 49.0. The van der Waals surface area contributed by atoms with Crippen LogP contribution >= 0.6 is 0 Å². The van der Waals surface area contributed by atoms with Gasteiger partial charge in [0.05, 0.1) is 19.3 Å². The Kier molecular flexibility index (Phi) is 5.85. The third kappa shape index (κ3) is 3.26. The summed E-state index contributed by atoms with van der Waals surface area (Å²) in [6, 6.07) is 0. The summed E-state index contributed by atoms with van der Waals surface area (Å²) in [5, 5.41) is 21.7. The first kappa shape index (κ1) is 22.3. The molecule has 4 saturated carbocycles. The van der Waals surface area contributed by atoms with Crippen molar-refractivity contribution in [1.29, 1.82) is 0 Å². The summed E-state index contributed by atoms with van der Waals surface area (Å²) in [7, 11) is 1.43. The lowest BCUT2D eigenvalue weighted by atomic mass is 9.43. The van der Waals surface area contributed by atoms with Crippen molar-refractivity contribution in [2.75, 3.05) is 7.11 Å². The Labute approximate surface area is 180 Å². The van der Waals surface area contributed by atoms with E-state index < -0.39 is 6.10 Å². The fourth-order valence-electron chi connectivity index (χ4n) is 8.49. The maximum absolute atomic E-state index is 13.4. The molecule has 0 bridgehead atoms. The number of hydrogen-bond donors (Lipinski definition) is 2. The van der Waals surface area contributed by atoms with Crippen molar-refractivity contribution in [2.45, 2.75) is 90.8 Å². The third-order valence-electron chi connectivity index (χ3n) is 10.3. The average molecular weight is 421 g/mol. The number of ketones is 1. The van der Waals surface area contributed by atoms with E-state index in [1.807, 2.05) is 0 Å². The second-order valence-electron chi connectivity index (χ2n) is 11.4. The van der Waals surface area contributed by atoms with Gasteiger partial charge in [-0.15, -0.1) is 0 Å². The highest BCUT2D eigenvalue weighted by atomic mass is 16.5. The first-order valence-corrected chi connectivity index (χ1v) is 12.1. The maximum Gasteiger partial charge on any atom is 0.305 e. The SMILES string of the molecule is COC(=O)CC[C@H](C)[C@H]1CC[C@H]2[C@@H]3C(=O)C[C@@H]4C[C@H](O)CC[C@]4(C)[C@H]3C[C@H](O)[C@]12C. The molecule has 0 aromatic heterocycles. The second kappa shape index (κ2) is 7.88. The molecule has 170 valence electrons.